The number of anilines is 1. The van der Waals surface area contributed by atoms with Crippen molar-refractivity contribution in [3.8, 4) is 0 Å². The second kappa shape index (κ2) is 5.58. The normalized spacial score (nSPS) is 15.2. The van der Waals surface area contributed by atoms with E-state index < -0.39 is 0 Å². The lowest BCUT2D eigenvalue weighted by Gasteiger charge is -2.19. The van der Waals surface area contributed by atoms with Crippen molar-refractivity contribution in [3.63, 3.8) is 0 Å². The molecule has 6 heteroatoms. The molecule has 0 aromatic carbocycles. The zero-order valence-corrected chi connectivity index (χ0v) is 12.0. The Balaban J connectivity index is 1.77. The predicted octanol–water partition coefficient (Wildman–Crippen LogP) is 0.797. The molecule has 6 nitrogen and oxygen atoms in total. The summed E-state index contributed by atoms with van der Waals surface area (Å²) in [4.78, 5) is 17.6. The Kier molecular flexibility index (Phi) is 3.64. The minimum atomic E-state index is 0.812. The highest BCUT2D eigenvalue weighted by Crippen LogP contribution is 2.15. The molecule has 0 aliphatic carbocycles. The maximum atomic E-state index is 4.57. The van der Waals surface area contributed by atoms with Gasteiger partial charge < -0.3 is 14.4 Å². The van der Waals surface area contributed by atoms with E-state index in [0.717, 1.165) is 38.5 Å². The highest BCUT2D eigenvalue weighted by molar-refractivity contribution is 5.29. The smallest absolute Gasteiger partial charge is 0.225 e. The van der Waals surface area contributed by atoms with Crippen LogP contribution in [0, 0.1) is 0 Å². The second-order valence-corrected chi connectivity index (χ2v) is 5.34. The molecule has 0 spiro atoms. The molecule has 3 rings (SSSR count). The Labute approximate surface area is 119 Å². The molecule has 0 amide bonds. The van der Waals surface area contributed by atoms with Gasteiger partial charge in [0.05, 0.1) is 5.69 Å². The molecule has 0 saturated carbocycles. The van der Waals surface area contributed by atoms with Gasteiger partial charge in [0, 0.05) is 51.2 Å². The fraction of sp³-hybridized carbons (Fsp3) is 0.500. The summed E-state index contributed by atoms with van der Waals surface area (Å²) in [5.74, 6) is 1.98. The van der Waals surface area contributed by atoms with Crippen molar-refractivity contribution in [3.05, 3.63) is 36.2 Å². The lowest BCUT2D eigenvalue weighted by atomic mass is 10.4. The van der Waals surface area contributed by atoms with Crippen LogP contribution in [0.15, 0.2) is 24.7 Å². The Morgan fingerprint density at radius 3 is 2.65 bits per heavy atom. The van der Waals surface area contributed by atoms with E-state index in [9.17, 15) is 0 Å². The van der Waals surface area contributed by atoms with Crippen LogP contribution in [-0.2, 0) is 19.5 Å². The number of fused-ring (bicyclic) bond motifs is 1. The van der Waals surface area contributed by atoms with Gasteiger partial charge in [-0.2, -0.15) is 0 Å². The van der Waals surface area contributed by atoms with Crippen molar-refractivity contribution in [1.29, 1.82) is 0 Å². The third-order valence-electron chi connectivity index (χ3n) is 3.53. The second-order valence-electron chi connectivity index (χ2n) is 5.34. The molecular weight excluding hydrogens is 252 g/mol. The Morgan fingerprint density at radius 1 is 1.10 bits per heavy atom. The average molecular weight is 272 g/mol. The molecule has 1 aliphatic heterocycles. The Morgan fingerprint density at radius 2 is 1.90 bits per heavy atom. The summed E-state index contributed by atoms with van der Waals surface area (Å²) in [7, 11) is 4.17. The van der Waals surface area contributed by atoms with Gasteiger partial charge >= 0.3 is 0 Å². The predicted molar refractivity (Wildman–Crippen MR) is 77.6 cm³/mol. The minimum absolute atomic E-state index is 0.812. The first-order valence-electron chi connectivity index (χ1n) is 6.94. The maximum Gasteiger partial charge on any atom is 0.225 e. The van der Waals surface area contributed by atoms with Gasteiger partial charge in [0.25, 0.3) is 0 Å². The molecule has 0 atom stereocenters. The van der Waals surface area contributed by atoms with E-state index in [1.54, 1.807) is 12.4 Å². The van der Waals surface area contributed by atoms with Crippen LogP contribution in [0.5, 0.6) is 0 Å². The first kappa shape index (κ1) is 13.1. The summed E-state index contributed by atoms with van der Waals surface area (Å²) >= 11 is 0. The molecule has 3 heterocycles. The number of hydrogen-bond acceptors (Lipinski definition) is 5. The highest BCUT2D eigenvalue weighted by atomic mass is 15.3. The molecule has 1 aliphatic rings. The van der Waals surface area contributed by atoms with Crippen LogP contribution in [0.3, 0.4) is 0 Å². The van der Waals surface area contributed by atoms with E-state index >= 15 is 0 Å². The number of hydrogen-bond donors (Lipinski definition) is 0. The minimum Gasteiger partial charge on any atom is -0.339 e. The van der Waals surface area contributed by atoms with Gasteiger partial charge in [-0.05, 0) is 20.2 Å². The van der Waals surface area contributed by atoms with Gasteiger partial charge in [0.15, 0.2) is 0 Å². The third-order valence-corrected chi connectivity index (χ3v) is 3.53. The summed E-state index contributed by atoms with van der Waals surface area (Å²) < 4.78 is 2.34. The summed E-state index contributed by atoms with van der Waals surface area (Å²) in [6.45, 7) is 3.71. The van der Waals surface area contributed by atoms with E-state index in [4.69, 9.17) is 0 Å². The lowest BCUT2D eigenvalue weighted by molar-refractivity contribution is 0.387. The van der Waals surface area contributed by atoms with Crippen molar-refractivity contribution < 1.29 is 0 Å². The molecule has 0 N–H and O–H groups in total. The Hall–Kier alpha value is -1.95. The van der Waals surface area contributed by atoms with E-state index in [1.807, 2.05) is 12.3 Å². The van der Waals surface area contributed by atoms with E-state index in [-0.39, 0.29) is 0 Å². The molecule has 20 heavy (non-hydrogen) atoms. The molecule has 106 valence electrons. The Bertz CT molecular complexity index is 562. The van der Waals surface area contributed by atoms with Gasteiger partial charge in [-0.15, -0.1) is 0 Å². The van der Waals surface area contributed by atoms with Crippen molar-refractivity contribution in [1.82, 2.24) is 24.4 Å². The zero-order valence-electron chi connectivity index (χ0n) is 12.0. The zero-order chi connectivity index (χ0) is 13.9. The van der Waals surface area contributed by atoms with E-state index in [2.05, 4.69) is 43.4 Å². The topological polar surface area (TPSA) is 50.1 Å². The van der Waals surface area contributed by atoms with Crippen LogP contribution in [-0.4, -0.2) is 51.6 Å². The van der Waals surface area contributed by atoms with Crippen LogP contribution in [0.4, 0.5) is 5.95 Å². The molecule has 2 aromatic rings. The molecular formula is C14H20N6. The molecule has 2 aromatic heterocycles. The standard InChI is InChI=1S/C14H20N6/c1-18(2)11-12-10-17-13-4-7-19(8-9-20(12)13)14-15-5-3-6-16-14/h3,5-6,10H,4,7-9,11H2,1-2H3. The molecule has 0 fully saturated rings. The van der Waals surface area contributed by atoms with Gasteiger partial charge in [-0.1, -0.05) is 0 Å². The van der Waals surface area contributed by atoms with Crippen LogP contribution in [0.25, 0.3) is 0 Å². The number of nitrogens with zero attached hydrogens (tertiary/aromatic N) is 6. The molecule has 0 radical (unpaired) electrons. The number of rotatable bonds is 3. The monoisotopic (exact) mass is 272 g/mol. The van der Waals surface area contributed by atoms with Crippen LogP contribution >= 0.6 is 0 Å². The third kappa shape index (κ3) is 2.65. The van der Waals surface area contributed by atoms with E-state index in [0.29, 0.717) is 0 Å². The van der Waals surface area contributed by atoms with Crippen molar-refractivity contribution in [2.24, 2.45) is 0 Å². The van der Waals surface area contributed by atoms with Gasteiger partial charge in [0.1, 0.15) is 5.82 Å². The number of aromatic nitrogens is 4. The SMILES string of the molecule is CN(C)Cc1cnc2n1CCN(c1ncccn1)CC2. The quantitative estimate of drug-likeness (QED) is 0.827. The van der Waals surface area contributed by atoms with Crippen LogP contribution < -0.4 is 4.90 Å². The molecule has 0 bridgehead atoms. The molecule has 0 unspecified atom stereocenters. The summed E-state index contributed by atoms with van der Waals surface area (Å²) in [6, 6.07) is 1.85. The van der Waals surface area contributed by atoms with Crippen molar-refractivity contribution in [2.75, 3.05) is 32.1 Å². The fourth-order valence-corrected chi connectivity index (χ4v) is 2.60. The van der Waals surface area contributed by atoms with Crippen molar-refractivity contribution in [2.45, 2.75) is 19.5 Å². The van der Waals surface area contributed by atoms with E-state index in [1.165, 1.54) is 11.5 Å². The van der Waals surface area contributed by atoms with Crippen molar-refractivity contribution >= 4 is 5.95 Å². The lowest BCUT2D eigenvalue weighted by Crippen LogP contribution is -2.28. The summed E-state index contributed by atoms with van der Waals surface area (Å²) in [6.07, 6.45) is 6.53. The maximum absolute atomic E-state index is 4.57. The largest absolute Gasteiger partial charge is 0.339 e. The fourth-order valence-electron chi connectivity index (χ4n) is 2.60. The summed E-state index contributed by atoms with van der Waals surface area (Å²) in [5.41, 5.74) is 1.28. The van der Waals surface area contributed by atoms with Gasteiger partial charge in [-0.25, -0.2) is 15.0 Å². The first-order chi connectivity index (χ1) is 9.74. The summed E-state index contributed by atoms with van der Waals surface area (Å²) in [5, 5.41) is 0. The molecule has 0 saturated heterocycles. The highest BCUT2D eigenvalue weighted by Gasteiger charge is 2.18. The average Bonchev–Trinajstić information content (AvgIpc) is 2.70. The van der Waals surface area contributed by atoms with Gasteiger partial charge in [-0.3, -0.25) is 0 Å². The number of imidazole rings is 1. The first-order valence-corrected chi connectivity index (χ1v) is 6.94. The van der Waals surface area contributed by atoms with Crippen LogP contribution in [0.2, 0.25) is 0 Å². The van der Waals surface area contributed by atoms with Gasteiger partial charge in [0.2, 0.25) is 5.95 Å². The van der Waals surface area contributed by atoms with Crippen LogP contribution in [0.1, 0.15) is 11.5 Å².